The van der Waals surface area contributed by atoms with Gasteiger partial charge in [0.25, 0.3) is 10.0 Å². The zero-order chi connectivity index (χ0) is 14.0. The van der Waals surface area contributed by atoms with Crippen LogP contribution in [0.3, 0.4) is 0 Å². The zero-order valence-corrected chi connectivity index (χ0v) is 13.4. The Bertz CT molecular complexity index is 696. The second-order valence-electron chi connectivity index (χ2n) is 3.92. The van der Waals surface area contributed by atoms with Gasteiger partial charge in [0, 0.05) is 15.0 Å². The highest BCUT2D eigenvalue weighted by atomic mass is 79.9. The number of hydrogen-bond acceptors (Lipinski definition) is 4. The van der Waals surface area contributed by atoms with Crippen LogP contribution in [-0.4, -0.2) is 8.42 Å². The molecule has 4 nitrogen and oxygen atoms in total. The minimum Gasteiger partial charge on any atom is -0.399 e. The number of sulfonamides is 1. The Labute approximate surface area is 124 Å². The van der Waals surface area contributed by atoms with Gasteiger partial charge in [0.2, 0.25) is 0 Å². The van der Waals surface area contributed by atoms with Gasteiger partial charge in [-0.1, -0.05) is 6.92 Å². The molecule has 0 radical (unpaired) electrons. The standard InChI is InChI=1S/C12H13BrN2O2S2/c1-2-9-4-6-12(18-9)19(16,17)15-11-5-3-8(14)7-10(11)13/h3-7,15H,2,14H2,1H3. The van der Waals surface area contributed by atoms with E-state index >= 15 is 0 Å². The van der Waals surface area contributed by atoms with Gasteiger partial charge in [0.05, 0.1) is 5.69 Å². The van der Waals surface area contributed by atoms with Crippen molar-refractivity contribution in [2.75, 3.05) is 10.5 Å². The summed E-state index contributed by atoms with van der Waals surface area (Å²) in [5.41, 5.74) is 6.66. The van der Waals surface area contributed by atoms with Crippen LogP contribution in [-0.2, 0) is 16.4 Å². The van der Waals surface area contributed by atoms with Crippen LogP contribution in [0.2, 0.25) is 0 Å². The van der Waals surface area contributed by atoms with E-state index in [1.807, 2.05) is 13.0 Å². The molecular weight excluding hydrogens is 348 g/mol. The number of rotatable bonds is 4. The molecule has 0 saturated carbocycles. The molecule has 0 aliphatic rings. The van der Waals surface area contributed by atoms with Crippen molar-refractivity contribution in [3.05, 3.63) is 39.7 Å². The third-order valence-electron chi connectivity index (χ3n) is 2.49. The summed E-state index contributed by atoms with van der Waals surface area (Å²) in [6.45, 7) is 1.99. The molecule has 19 heavy (non-hydrogen) atoms. The summed E-state index contributed by atoms with van der Waals surface area (Å²) in [7, 11) is -3.54. The van der Waals surface area contributed by atoms with E-state index in [1.165, 1.54) is 11.3 Å². The number of halogens is 1. The lowest BCUT2D eigenvalue weighted by atomic mass is 10.3. The molecule has 7 heteroatoms. The highest BCUT2D eigenvalue weighted by molar-refractivity contribution is 9.10. The fourth-order valence-electron chi connectivity index (χ4n) is 1.50. The number of nitrogens with one attached hydrogen (secondary N) is 1. The van der Waals surface area contributed by atoms with E-state index < -0.39 is 10.0 Å². The van der Waals surface area contributed by atoms with E-state index in [9.17, 15) is 8.42 Å². The zero-order valence-electron chi connectivity index (χ0n) is 10.2. The van der Waals surface area contributed by atoms with Crippen molar-refractivity contribution < 1.29 is 8.42 Å². The second-order valence-corrected chi connectivity index (χ2v) is 7.85. The predicted octanol–water partition coefficient (Wildman–Crippen LogP) is 3.46. The first-order valence-electron chi connectivity index (χ1n) is 5.59. The summed E-state index contributed by atoms with van der Waals surface area (Å²) in [5.74, 6) is 0. The average Bonchev–Trinajstić information content (AvgIpc) is 2.82. The quantitative estimate of drug-likeness (QED) is 0.820. The van der Waals surface area contributed by atoms with Crippen molar-refractivity contribution in [1.29, 1.82) is 0 Å². The molecule has 0 unspecified atom stereocenters. The van der Waals surface area contributed by atoms with Gasteiger partial charge in [-0.3, -0.25) is 4.72 Å². The molecule has 3 N–H and O–H groups in total. The van der Waals surface area contributed by atoms with Crippen LogP contribution in [0.25, 0.3) is 0 Å². The van der Waals surface area contributed by atoms with Crippen LogP contribution >= 0.6 is 27.3 Å². The van der Waals surface area contributed by atoms with Crippen LogP contribution in [0.1, 0.15) is 11.8 Å². The number of nitrogen functional groups attached to an aromatic ring is 1. The molecular formula is C12H13BrN2O2S2. The summed E-state index contributed by atoms with van der Waals surface area (Å²) < 4.78 is 27.9. The van der Waals surface area contributed by atoms with Crippen LogP contribution in [0.5, 0.6) is 0 Å². The Morgan fingerprint density at radius 1 is 1.32 bits per heavy atom. The van der Waals surface area contributed by atoms with Gasteiger partial charge in [0.1, 0.15) is 4.21 Å². The molecule has 1 aromatic heterocycles. The second kappa shape index (κ2) is 5.52. The van der Waals surface area contributed by atoms with Gasteiger partial charge in [0.15, 0.2) is 0 Å². The van der Waals surface area contributed by atoms with Crippen molar-refractivity contribution in [3.8, 4) is 0 Å². The van der Waals surface area contributed by atoms with Crippen LogP contribution in [0, 0.1) is 0 Å². The monoisotopic (exact) mass is 360 g/mol. The van der Waals surface area contributed by atoms with Crippen LogP contribution in [0.4, 0.5) is 11.4 Å². The molecule has 0 aliphatic heterocycles. The molecule has 102 valence electrons. The Hall–Kier alpha value is -1.05. The third-order valence-corrected chi connectivity index (χ3v) is 6.23. The third kappa shape index (κ3) is 3.29. The number of hydrogen-bond donors (Lipinski definition) is 2. The fraction of sp³-hybridized carbons (Fsp3) is 0.167. The average molecular weight is 361 g/mol. The smallest absolute Gasteiger partial charge is 0.271 e. The van der Waals surface area contributed by atoms with Crippen molar-refractivity contribution >= 4 is 48.7 Å². The van der Waals surface area contributed by atoms with E-state index in [4.69, 9.17) is 5.73 Å². The Balaban J connectivity index is 2.30. The lowest BCUT2D eigenvalue weighted by Crippen LogP contribution is -2.11. The van der Waals surface area contributed by atoms with E-state index in [0.29, 0.717) is 20.1 Å². The van der Waals surface area contributed by atoms with Gasteiger partial charge >= 0.3 is 0 Å². The highest BCUT2D eigenvalue weighted by Gasteiger charge is 2.17. The molecule has 0 aliphatic carbocycles. The Kier molecular flexibility index (Phi) is 4.17. The first-order valence-corrected chi connectivity index (χ1v) is 8.68. The lowest BCUT2D eigenvalue weighted by molar-refractivity contribution is 0.603. The van der Waals surface area contributed by atoms with Gasteiger partial charge in [-0.05, 0) is 52.7 Å². The van der Waals surface area contributed by atoms with Gasteiger partial charge < -0.3 is 5.73 Å². The van der Waals surface area contributed by atoms with E-state index in [2.05, 4.69) is 20.7 Å². The van der Waals surface area contributed by atoms with E-state index in [0.717, 1.165) is 11.3 Å². The summed E-state index contributed by atoms with van der Waals surface area (Å²) in [5, 5.41) is 0. The van der Waals surface area contributed by atoms with Crippen molar-refractivity contribution in [2.45, 2.75) is 17.6 Å². The number of anilines is 2. The molecule has 2 rings (SSSR count). The fourth-order valence-corrected chi connectivity index (χ4v) is 4.50. The lowest BCUT2D eigenvalue weighted by Gasteiger charge is -2.08. The van der Waals surface area contributed by atoms with Crippen molar-refractivity contribution in [3.63, 3.8) is 0 Å². The minimum atomic E-state index is -3.54. The molecule has 0 spiro atoms. The first kappa shape index (κ1) is 14.4. The number of nitrogens with two attached hydrogens (primary N) is 1. The van der Waals surface area contributed by atoms with Gasteiger partial charge in [-0.25, -0.2) is 8.42 Å². The summed E-state index contributed by atoms with van der Waals surface area (Å²) >= 11 is 4.57. The molecule has 0 bridgehead atoms. The minimum absolute atomic E-state index is 0.313. The maximum Gasteiger partial charge on any atom is 0.271 e. The predicted molar refractivity (Wildman–Crippen MR) is 83.1 cm³/mol. The highest BCUT2D eigenvalue weighted by Crippen LogP contribution is 2.29. The van der Waals surface area contributed by atoms with Crippen molar-refractivity contribution in [2.24, 2.45) is 0 Å². The molecule has 1 heterocycles. The topological polar surface area (TPSA) is 72.2 Å². The Morgan fingerprint density at radius 3 is 2.63 bits per heavy atom. The van der Waals surface area contributed by atoms with Crippen molar-refractivity contribution in [1.82, 2.24) is 0 Å². The van der Waals surface area contributed by atoms with E-state index in [-0.39, 0.29) is 0 Å². The molecule has 0 saturated heterocycles. The van der Waals surface area contributed by atoms with Crippen LogP contribution < -0.4 is 10.5 Å². The normalized spacial score (nSPS) is 11.5. The molecule has 0 atom stereocenters. The maximum absolute atomic E-state index is 12.2. The summed E-state index contributed by atoms with van der Waals surface area (Å²) in [4.78, 5) is 1.04. The van der Waals surface area contributed by atoms with Crippen LogP contribution in [0.15, 0.2) is 39.0 Å². The molecule has 2 aromatic rings. The SMILES string of the molecule is CCc1ccc(S(=O)(=O)Nc2ccc(N)cc2Br)s1. The molecule has 1 aromatic carbocycles. The molecule has 0 fully saturated rings. The maximum atomic E-state index is 12.2. The first-order chi connectivity index (χ1) is 8.92. The van der Waals surface area contributed by atoms with Gasteiger partial charge in [-0.2, -0.15) is 0 Å². The largest absolute Gasteiger partial charge is 0.399 e. The van der Waals surface area contributed by atoms with Gasteiger partial charge in [-0.15, -0.1) is 11.3 Å². The Morgan fingerprint density at radius 2 is 2.05 bits per heavy atom. The summed E-state index contributed by atoms with van der Waals surface area (Å²) in [6, 6.07) is 8.39. The molecule has 0 amide bonds. The summed E-state index contributed by atoms with van der Waals surface area (Å²) in [6.07, 6.45) is 0.825. The number of benzene rings is 1. The number of thiophene rings is 1. The number of aryl methyl sites for hydroxylation is 1. The van der Waals surface area contributed by atoms with E-state index in [1.54, 1.807) is 24.3 Å².